The van der Waals surface area contributed by atoms with Crippen molar-refractivity contribution in [2.24, 2.45) is 23.7 Å². The van der Waals surface area contributed by atoms with Crippen LogP contribution < -0.4 is 4.90 Å². The number of nitrogens with zero attached hydrogens (tertiary/aromatic N) is 1. The van der Waals surface area contributed by atoms with Gasteiger partial charge in [-0.05, 0) is 36.3 Å². The number of imide groups is 1. The molecule has 2 aromatic carbocycles. The van der Waals surface area contributed by atoms with Gasteiger partial charge in [-0.15, -0.1) is 0 Å². The highest BCUT2D eigenvalue weighted by Gasteiger charge is 2.62. The minimum Gasteiger partial charge on any atom is -0.274 e. The molecule has 31 heavy (non-hydrogen) atoms. The average Bonchev–Trinajstić information content (AvgIpc) is 3.37. The van der Waals surface area contributed by atoms with Crippen LogP contribution in [0.4, 0.5) is 18.9 Å². The van der Waals surface area contributed by atoms with Gasteiger partial charge in [-0.1, -0.05) is 59.7 Å². The largest absolute Gasteiger partial charge is 0.417 e. The minimum absolute atomic E-state index is 0.0918. The van der Waals surface area contributed by atoms with Gasteiger partial charge in [0.15, 0.2) is 0 Å². The predicted molar refractivity (Wildman–Crippen MR) is 111 cm³/mol. The van der Waals surface area contributed by atoms with Gasteiger partial charge in [0.05, 0.1) is 28.1 Å². The Hall–Kier alpha value is -2.86. The summed E-state index contributed by atoms with van der Waals surface area (Å²) in [6, 6.07) is 12.9. The number of benzene rings is 2. The van der Waals surface area contributed by atoms with Crippen LogP contribution >= 0.6 is 11.6 Å². The van der Waals surface area contributed by atoms with Crippen LogP contribution in [0, 0.1) is 23.7 Å². The zero-order valence-electron chi connectivity index (χ0n) is 16.4. The van der Waals surface area contributed by atoms with Gasteiger partial charge in [-0.2, -0.15) is 13.2 Å². The zero-order valence-corrected chi connectivity index (χ0v) is 17.1. The Bertz CT molecular complexity index is 1140. The second-order valence-corrected chi connectivity index (χ2v) is 8.52. The van der Waals surface area contributed by atoms with Gasteiger partial charge in [0.1, 0.15) is 0 Å². The van der Waals surface area contributed by atoms with Gasteiger partial charge in [0, 0.05) is 11.8 Å². The lowest BCUT2D eigenvalue weighted by molar-refractivity contribution is -0.137. The van der Waals surface area contributed by atoms with E-state index >= 15 is 0 Å². The fourth-order valence-corrected chi connectivity index (χ4v) is 5.47. The molecule has 7 heteroatoms. The number of hydrogen-bond acceptors (Lipinski definition) is 2. The van der Waals surface area contributed by atoms with Crippen molar-refractivity contribution in [1.82, 2.24) is 0 Å². The molecule has 1 heterocycles. The number of carbonyl (C=O) groups is 2. The third-order valence-corrected chi connectivity index (χ3v) is 6.90. The molecule has 3 nitrogen and oxygen atoms in total. The molecular weight excluding hydrogens is 427 g/mol. The fourth-order valence-electron chi connectivity index (χ4n) is 5.24. The van der Waals surface area contributed by atoms with Crippen LogP contribution in [0.2, 0.25) is 5.02 Å². The van der Waals surface area contributed by atoms with Crippen molar-refractivity contribution in [2.75, 3.05) is 4.90 Å². The molecule has 1 saturated carbocycles. The van der Waals surface area contributed by atoms with Crippen LogP contribution in [0.5, 0.6) is 0 Å². The number of anilines is 1. The number of allylic oxidation sites excluding steroid dienone is 4. The number of amides is 2. The maximum atomic E-state index is 13.3. The van der Waals surface area contributed by atoms with E-state index < -0.39 is 40.4 Å². The molecule has 2 aliphatic carbocycles. The molecular formula is C24H17ClF3NO2. The lowest BCUT2D eigenvalue weighted by Crippen LogP contribution is -2.33. The standard InChI is InChI=1S/C24H17ClF3NO2/c1-12(13-5-3-2-4-6-13)19-15-8-9-16(19)21-20(15)22(30)29(23(21)31)14-7-10-18(25)17(11-14)24(26,27)28/h2-11,15-16,20-21H,1H3/t15-,16-,20-,21+/m1/s1. The summed E-state index contributed by atoms with van der Waals surface area (Å²) in [6.45, 7) is 1.99. The van der Waals surface area contributed by atoms with Crippen LogP contribution in [0.3, 0.4) is 0 Å². The molecule has 158 valence electrons. The van der Waals surface area contributed by atoms with E-state index in [1.807, 2.05) is 49.4 Å². The molecule has 0 spiro atoms. The normalized spacial score (nSPS) is 28.5. The van der Waals surface area contributed by atoms with Gasteiger partial charge < -0.3 is 0 Å². The quantitative estimate of drug-likeness (QED) is 0.437. The smallest absolute Gasteiger partial charge is 0.274 e. The van der Waals surface area contributed by atoms with Gasteiger partial charge in [0.25, 0.3) is 0 Å². The Morgan fingerprint density at radius 1 is 0.935 bits per heavy atom. The number of hydrogen-bond donors (Lipinski definition) is 0. The fraction of sp³-hybridized carbons (Fsp3) is 0.250. The second kappa shape index (κ2) is 6.82. The van der Waals surface area contributed by atoms with Gasteiger partial charge in [-0.25, -0.2) is 4.90 Å². The molecule has 0 radical (unpaired) electrons. The minimum atomic E-state index is -4.68. The van der Waals surface area contributed by atoms with Crippen molar-refractivity contribution in [3.8, 4) is 0 Å². The molecule has 2 aromatic rings. The number of carbonyl (C=O) groups excluding carboxylic acids is 2. The predicted octanol–water partition coefficient (Wildman–Crippen LogP) is 5.75. The summed E-state index contributed by atoms with van der Waals surface area (Å²) >= 11 is 5.70. The first-order chi connectivity index (χ1) is 14.7. The zero-order chi connectivity index (χ0) is 22.1. The number of fused-ring (bicyclic) bond motifs is 5. The van der Waals surface area contributed by atoms with E-state index in [2.05, 4.69) is 0 Å². The van der Waals surface area contributed by atoms with E-state index in [0.29, 0.717) is 0 Å². The molecule has 5 rings (SSSR count). The van der Waals surface area contributed by atoms with Crippen LogP contribution in [0.25, 0.3) is 5.57 Å². The lowest BCUT2D eigenvalue weighted by atomic mass is 9.85. The highest BCUT2D eigenvalue weighted by atomic mass is 35.5. The summed E-state index contributed by atoms with van der Waals surface area (Å²) in [6.07, 6.45) is -0.783. The highest BCUT2D eigenvalue weighted by molar-refractivity contribution is 6.31. The molecule has 2 bridgehead atoms. The topological polar surface area (TPSA) is 37.4 Å². The molecule has 2 amide bonds. The molecule has 1 aliphatic heterocycles. The third-order valence-electron chi connectivity index (χ3n) is 6.57. The summed E-state index contributed by atoms with van der Waals surface area (Å²) in [4.78, 5) is 27.5. The summed E-state index contributed by atoms with van der Waals surface area (Å²) in [5.74, 6) is -2.57. The summed E-state index contributed by atoms with van der Waals surface area (Å²) in [5, 5.41) is -0.471. The summed E-state index contributed by atoms with van der Waals surface area (Å²) in [5.41, 5.74) is 1.96. The van der Waals surface area contributed by atoms with Crippen molar-refractivity contribution < 1.29 is 22.8 Å². The van der Waals surface area contributed by atoms with Crippen molar-refractivity contribution in [2.45, 2.75) is 13.1 Å². The van der Waals surface area contributed by atoms with E-state index in [1.54, 1.807) is 0 Å². The molecule has 1 saturated heterocycles. The lowest BCUT2D eigenvalue weighted by Gasteiger charge is -2.21. The van der Waals surface area contributed by atoms with Crippen LogP contribution in [0.15, 0.2) is 66.3 Å². The van der Waals surface area contributed by atoms with Crippen molar-refractivity contribution >= 4 is 34.7 Å². The van der Waals surface area contributed by atoms with Gasteiger partial charge >= 0.3 is 6.18 Å². The highest BCUT2D eigenvalue weighted by Crippen LogP contribution is 2.58. The molecule has 0 N–H and O–H groups in total. The monoisotopic (exact) mass is 443 g/mol. The first-order valence-electron chi connectivity index (χ1n) is 9.89. The summed E-state index contributed by atoms with van der Waals surface area (Å²) < 4.78 is 39.9. The van der Waals surface area contributed by atoms with Crippen molar-refractivity contribution in [1.29, 1.82) is 0 Å². The van der Waals surface area contributed by atoms with Gasteiger partial charge in [-0.3, -0.25) is 9.59 Å². The van der Waals surface area contributed by atoms with Crippen molar-refractivity contribution in [3.63, 3.8) is 0 Å². The van der Waals surface area contributed by atoms with Crippen molar-refractivity contribution in [3.05, 3.63) is 82.4 Å². The maximum Gasteiger partial charge on any atom is 0.417 e. The molecule has 4 atom stereocenters. The van der Waals surface area contributed by atoms with Gasteiger partial charge in [0.2, 0.25) is 11.8 Å². The van der Waals surface area contributed by atoms with E-state index in [1.165, 1.54) is 6.07 Å². The average molecular weight is 444 g/mol. The number of halogens is 4. The first-order valence-corrected chi connectivity index (χ1v) is 10.3. The van der Waals surface area contributed by atoms with Crippen LogP contribution in [-0.2, 0) is 15.8 Å². The molecule has 2 fully saturated rings. The van der Waals surface area contributed by atoms with E-state index in [9.17, 15) is 22.8 Å². The van der Waals surface area contributed by atoms with Crippen LogP contribution in [0.1, 0.15) is 18.1 Å². The molecule has 0 unspecified atom stereocenters. The first kappa shape index (κ1) is 20.1. The second-order valence-electron chi connectivity index (χ2n) is 8.11. The Morgan fingerprint density at radius 3 is 2.06 bits per heavy atom. The maximum absolute atomic E-state index is 13.3. The Labute approximate surface area is 181 Å². The van der Waals surface area contributed by atoms with E-state index in [-0.39, 0.29) is 17.5 Å². The Kier molecular flexibility index (Phi) is 4.42. The molecule has 3 aliphatic rings. The van der Waals surface area contributed by atoms with Crippen LogP contribution in [-0.4, -0.2) is 11.8 Å². The summed E-state index contributed by atoms with van der Waals surface area (Å²) in [7, 11) is 0. The Balaban J connectivity index is 1.54. The third kappa shape index (κ3) is 2.88. The number of alkyl halides is 3. The Morgan fingerprint density at radius 2 is 1.52 bits per heavy atom. The SMILES string of the molecule is CC(=C1[C@H]2C=C[C@H]1[C@H]1C(=O)N(c3ccc(Cl)c(C(F)(F)F)c3)C(=O)[C@H]12)c1ccccc1. The number of rotatable bonds is 2. The van der Waals surface area contributed by atoms with E-state index in [0.717, 1.165) is 33.7 Å². The van der Waals surface area contributed by atoms with E-state index in [4.69, 9.17) is 11.6 Å². The molecule has 0 aromatic heterocycles.